The number of alkyl halides is 17. The molecular weight excluding hydrogens is 621 g/mol. The molecule has 0 fully saturated rings. The fourth-order valence-electron chi connectivity index (χ4n) is 2.91. The van der Waals surface area contributed by atoms with Crippen molar-refractivity contribution in [3.63, 3.8) is 0 Å². The van der Waals surface area contributed by atoms with Gasteiger partial charge in [0.25, 0.3) is 10.0 Å². The van der Waals surface area contributed by atoms with E-state index in [-0.39, 0.29) is 32.4 Å². The monoisotopic (exact) mass is 641 g/mol. The molecule has 0 saturated carbocycles. The molecule has 0 unspecified atom stereocenters. The van der Waals surface area contributed by atoms with E-state index in [0.717, 1.165) is 0 Å². The number of rotatable bonds is 16. The van der Waals surface area contributed by atoms with E-state index in [1.54, 1.807) is 0 Å². The maximum atomic E-state index is 13.9. The Morgan fingerprint density at radius 1 is 0.538 bits per heavy atom. The molecule has 0 bridgehead atoms. The minimum absolute atomic E-state index is 0.0442. The largest absolute Gasteiger partial charge is 0.460 e. The SMILES string of the molecule is NCCC(CCN)CCCNS(=O)(=O)C(F)(F)C(F)(F)C(F)(F)C(F)(F)C(F)(F)C(F)(F)C(F)(F)C(F)(F)F. The van der Waals surface area contributed by atoms with E-state index in [1.165, 1.54) is 0 Å². The molecule has 0 aliphatic carbocycles. The Morgan fingerprint density at radius 2 is 0.872 bits per heavy atom. The van der Waals surface area contributed by atoms with Crippen molar-refractivity contribution in [3.05, 3.63) is 0 Å². The second kappa shape index (κ2) is 11.5. The second-order valence-electron chi connectivity index (χ2n) is 8.02. The Morgan fingerprint density at radius 3 is 1.21 bits per heavy atom. The Balaban J connectivity index is 6.32. The van der Waals surface area contributed by atoms with Gasteiger partial charge in [0.05, 0.1) is 0 Å². The van der Waals surface area contributed by atoms with Crippen LogP contribution in [0.1, 0.15) is 25.7 Å². The Hall–Kier alpha value is -1.36. The summed E-state index contributed by atoms with van der Waals surface area (Å²) in [6.45, 7) is -1.21. The molecule has 5 N–H and O–H groups in total. The van der Waals surface area contributed by atoms with Crippen LogP contribution in [0, 0.1) is 5.92 Å². The van der Waals surface area contributed by atoms with Crippen molar-refractivity contribution < 1.29 is 83.1 Å². The van der Waals surface area contributed by atoms with Crippen molar-refractivity contribution in [1.29, 1.82) is 0 Å². The molecule has 0 spiro atoms. The summed E-state index contributed by atoms with van der Waals surface area (Å²) in [5, 5.41) is -7.56. The van der Waals surface area contributed by atoms with Gasteiger partial charge < -0.3 is 11.5 Å². The lowest BCUT2D eigenvalue weighted by atomic mass is 9.91. The summed E-state index contributed by atoms with van der Waals surface area (Å²) >= 11 is 0. The number of halogens is 17. The molecular formula is C16H20F17N3O2S. The van der Waals surface area contributed by atoms with Crippen molar-refractivity contribution >= 4 is 10.0 Å². The first-order valence-electron chi connectivity index (χ1n) is 10.1. The third kappa shape index (κ3) is 6.14. The first-order valence-corrected chi connectivity index (χ1v) is 11.6. The molecule has 5 nitrogen and oxygen atoms in total. The molecule has 0 rings (SSSR count). The van der Waals surface area contributed by atoms with Gasteiger partial charge >= 0.3 is 47.0 Å². The van der Waals surface area contributed by atoms with Crippen molar-refractivity contribution in [2.24, 2.45) is 17.4 Å². The lowest BCUT2D eigenvalue weighted by Gasteiger charge is -2.42. The van der Waals surface area contributed by atoms with Gasteiger partial charge in [-0.1, -0.05) is 0 Å². The lowest BCUT2D eigenvalue weighted by molar-refractivity contribution is -0.458. The fraction of sp³-hybridized carbons (Fsp3) is 1.00. The lowest BCUT2D eigenvalue weighted by Crippen LogP contribution is -2.75. The highest BCUT2D eigenvalue weighted by atomic mass is 32.2. The van der Waals surface area contributed by atoms with Gasteiger partial charge in [0.15, 0.2) is 0 Å². The van der Waals surface area contributed by atoms with Crippen LogP contribution in [0.2, 0.25) is 0 Å². The van der Waals surface area contributed by atoms with Gasteiger partial charge in [-0.3, -0.25) is 0 Å². The van der Waals surface area contributed by atoms with Crippen LogP contribution in [0.3, 0.4) is 0 Å². The molecule has 0 saturated heterocycles. The molecule has 0 amide bonds. The van der Waals surface area contributed by atoms with E-state index < -0.39 is 75.9 Å². The fourth-order valence-corrected chi connectivity index (χ4v) is 3.97. The molecule has 0 radical (unpaired) electrons. The van der Waals surface area contributed by atoms with Crippen molar-refractivity contribution in [1.82, 2.24) is 4.72 Å². The number of nitrogens with two attached hydrogens (primary N) is 2. The average Bonchev–Trinajstić information content (AvgIpc) is 2.75. The Labute approximate surface area is 208 Å². The van der Waals surface area contributed by atoms with Crippen molar-refractivity contribution in [2.45, 2.75) is 72.6 Å². The first-order chi connectivity index (χ1) is 17.0. The zero-order valence-corrected chi connectivity index (χ0v) is 19.6. The van der Waals surface area contributed by atoms with E-state index in [2.05, 4.69) is 0 Å². The molecule has 236 valence electrons. The zero-order chi connectivity index (χ0) is 31.7. The summed E-state index contributed by atoms with van der Waals surface area (Å²) in [5.41, 5.74) is 10.5. The molecule has 0 atom stereocenters. The summed E-state index contributed by atoms with van der Waals surface area (Å²) in [6, 6.07) is 0. The molecule has 0 aliphatic heterocycles. The summed E-state index contributed by atoms with van der Waals surface area (Å²) in [5.74, 6) is -52.0. The third-order valence-corrected chi connectivity index (χ3v) is 6.78. The van der Waals surface area contributed by atoms with Crippen LogP contribution in [-0.2, 0) is 10.0 Å². The number of hydrogen-bond donors (Lipinski definition) is 3. The van der Waals surface area contributed by atoms with Gasteiger partial charge in [0, 0.05) is 6.54 Å². The van der Waals surface area contributed by atoms with E-state index >= 15 is 0 Å². The molecule has 0 aromatic rings. The van der Waals surface area contributed by atoms with Gasteiger partial charge in [-0.05, 0) is 44.7 Å². The van der Waals surface area contributed by atoms with E-state index in [1.807, 2.05) is 0 Å². The van der Waals surface area contributed by atoms with Crippen LogP contribution in [-0.4, -0.2) is 75.0 Å². The van der Waals surface area contributed by atoms with Crippen LogP contribution in [0.5, 0.6) is 0 Å². The zero-order valence-electron chi connectivity index (χ0n) is 18.8. The Bertz CT molecular complexity index is 915. The van der Waals surface area contributed by atoms with Gasteiger partial charge in [0.1, 0.15) is 0 Å². The number of nitrogens with one attached hydrogen (secondary N) is 1. The van der Waals surface area contributed by atoms with Gasteiger partial charge in [-0.15, -0.1) is 0 Å². The normalized spacial score (nSPS) is 15.8. The molecule has 0 heterocycles. The topological polar surface area (TPSA) is 98.2 Å². The summed E-state index contributed by atoms with van der Waals surface area (Å²) < 4.78 is 249. The minimum Gasteiger partial charge on any atom is -0.330 e. The quantitative estimate of drug-likeness (QED) is 0.164. The molecule has 23 heteroatoms. The minimum atomic E-state index is -8.85. The van der Waals surface area contributed by atoms with E-state index in [9.17, 15) is 83.1 Å². The first kappa shape index (κ1) is 37.6. The van der Waals surface area contributed by atoms with Crippen LogP contribution in [0.25, 0.3) is 0 Å². The van der Waals surface area contributed by atoms with Gasteiger partial charge in [-0.25, -0.2) is 13.1 Å². The maximum absolute atomic E-state index is 13.9. The van der Waals surface area contributed by atoms with E-state index in [4.69, 9.17) is 11.5 Å². The molecule has 0 aromatic carbocycles. The summed E-state index contributed by atoms with van der Waals surface area (Å²) in [7, 11) is -7.27. The smallest absolute Gasteiger partial charge is 0.330 e. The summed E-state index contributed by atoms with van der Waals surface area (Å²) in [6.07, 6.45) is -8.06. The van der Waals surface area contributed by atoms with Gasteiger partial charge in [0.2, 0.25) is 0 Å². The third-order valence-electron chi connectivity index (χ3n) is 5.26. The van der Waals surface area contributed by atoms with Crippen molar-refractivity contribution in [2.75, 3.05) is 19.6 Å². The summed E-state index contributed by atoms with van der Waals surface area (Å²) in [4.78, 5) is 0. The standard InChI is InChI=1S/C16H20F17N3O2S/c17-9(18,11(21,22)13(25,26)15(29,30)31)10(19,20)12(23,24)14(27,28)16(32,33)39(37,38)36-7-1-2-8(3-5-34)4-6-35/h8,36H,1-7,34-35H2. The molecule has 0 aromatic heterocycles. The highest BCUT2D eigenvalue weighted by molar-refractivity contribution is 7.90. The van der Waals surface area contributed by atoms with Gasteiger partial charge in [-0.2, -0.15) is 74.6 Å². The van der Waals surface area contributed by atoms with Crippen LogP contribution >= 0.6 is 0 Å². The van der Waals surface area contributed by atoms with Crippen LogP contribution in [0.15, 0.2) is 0 Å². The van der Waals surface area contributed by atoms with E-state index in [0.29, 0.717) is 4.72 Å². The van der Waals surface area contributed by atoms with Crippen LogP contribution < -0.4 is 16.2 Å². The predicted molar refractivity (Wildman–Crippen MR) is 97.7 cm³/mol. The maximum Gasteiger partial charge on any atom is 0.460 e. The molecule has 39 heavy (non-hydrogen) atoms. The second-order valence-corrected chi connectivity index (χ2v) is 9.83. The van der Waals surface area contributed by atoms with Crippen LogP contribution in [0.4, 0.5) is 74.6 Å². The highest BCUT2D eigenvalue weighted by Gasteiger charge is 2.96. The number of hydrogen-bond acceptors (Lipinski definition) is 4. The number of sulfonamides is 1. The Kier molecular flexibility index (Phi) is 11.1. The predicted octanol–water partition coefficient (Wildman–Crippen LogP) is 4.97. The molecule has 0 aliphatic rings. The highest BCUT2D eigenvalue weighted by Crippen LogP contribution is 2.64. The van der Waals surface area contributed by atoms with Crippen molar-refractivity contribution in [3.8, 4) is 0 Å². The average molecular weight is 641 g/mol.